The standard InChI is InChI=1S/C35H53N7O10/c1-21(2)27(43)19-38-35(51)52-20-23-10-12-25(13-11-23)39-31(46)26(7-6-16-37-34(36)50)40-32(47)30(22(3)4)41-28(44)8-5-9-29(45)42-17-14-24(15-18-42)33(48)49/h10-13,21-22,24,26,30H,5-9,14-20H2,1-4H3,(H,38,51)(H,39,46)(H,40,47)(H,41,44)(H,48,49)(H3,36,37,50)/t26-,30-/m0/s1. The number of hydrogen-bond donors (Lipinski definition) is 7. The fourth-order valence-corrected chi connectivity index (χ4v) is 5.24. The van der Waals surface area contributed by atoms with Gasteiger partial charge in [-0.3, -0.25) is 28.8 Å². The summed E-state index contributed by atoms with van der Waals surface area (Å²) in [6.45, 7) is 7.58. The quantitative estimate of drug-likeness (QED) is 0.0955. The Morgan fingerprint density at radius 2 is 1.54 bits per heavy atom. The minimum absolute atomic E-state index is 0.0138. The molecule has 0 bridgehead atoms. The van der Waals surface area contributed by atoms with Crippen LogP contribution in [0.1, 0.15) is 78.2 Å². The highest BCUT2D eigenvalue weighted by Gasteiger charge is 2.30. The van der Waals surface area contributed by atoms with E-state index in [1.54, 1.807) is 56.9 Å². The van der Waals surface area contributed by atoms with E-state index in [-0.39, 0.29) is 68.9 Å². The molecule has 0 aliphatic carbocycles. The normalized spacial score (nSPS) is 14.2. The number of ether oxygens (including phenoxy) is 1. The average Bonchev–Trinajstić information content (AvgIpc) is 3.09. The minimum Gasteiger partial charge on any atom is -0.481 e. The van der Waals surface area contributed by atoms with Crippen LogP contribution in [0.2, 0.25) is 0 Å². The summed E-state index contributed by atoms with van der Waals surface area (Å²) in [6, 6.07) is 3.66. The summed E-state index contributed by atoms with van der Waals surface area (Å²) < 4.78 is 5.13. The van der Waals surface area contributed by atoms with Crippen molar-refractivity contribution >= 4 is 53.2 Å². The maximum absolute atomic E-state index is 13.4. The zero-order valence-corrected chi connectivity index (χ0v) is 30.3. The number of nitrogens with zero attached hydrogens (tertiary/aromatic N) is 1. The Hall–Kier alpha value is -5.22. The lowest BCUT2D eigenvalue weighted by atomic mass is 9.97. The van der Waals surface area contributed by atoms with E-state index < -0.39 is 53.8 Å². The first-order valence-electron chi connectivity index (χ1n) is 17.5. The number of carbonyl (C=O) groups excluding carboxylic acids is 7. The van der Waals surface area contributed by atoms with Crippen LogP contribution in [0, 0.1) is 17.8 Å². The van der Waals surface area contributed by atoms with Crippen molar-refractivity contribution in [1.82, 2.24) is 26.2 Å². The zero-order chi connectivity index (χ0) is 38.8. The molecule has 1 aliphatic rings. The second-order valence-corrected chi connectivity index (χ2v) is 13.4. The van der Waals surface area contributed by atoms with Crippen molar-refractivity contribution in [2.24, 2.45) is 23.5 Å². The number of amides is 7. The number of Topliss-reactive ketones (excluding diaryl/α,β-unsaturated/α-hetero) is 1. The lowest BCUT2D eigenvalue weighted by Gasteiger charge is -2.30. The van der Waals surface area contributed by atoms with E-state index in [1.807, 2.05) is 0 Å². The Morgan fingerprint density at radius 3 is 2.12 bits per heavy atom. The summed E-state index contributed by atoms with van der Waals surface area (Å²) in [5.74, 6) is -3.76. The van der Waals surface area contributed by atoms with E-state index in [4.69, 9.17) is 15.6 Å². The van der Waals surface area contributed by atoms with E-state index >= 15 is 0 Å². The number of piperidine rings is 1. The van der Waals surface area contributed by atoms with Gasteiger partial charge in [-0.2, -0.15) is 0 Å². The average molecular weight is 732 g/mol. The van der Waals surface area contributed by atoms with E-state index in [1.165, 1.54) is 0 Å². The highest BCUT2D eigenvalue weighted by Crippen LogP contribution is 2.19. The molecule has 2 atom stereocenters. The lowest BCUT2D eigenvalue weighted by Crippen LogP contribution is -2.54. The van der Waals surface area contributed by atoms with Crippen molar-refractivity contribution in [1.29, 1.82) is 0 Å². The van der Waals surface area contributed by atoms with Crippen LogP contribution in [-0.2, 0) is 40.1 Å². The van der Waals surface area contributed by atoms with Gasteiger partial charge in [0.25, 0.3) is 0 Å². The number of carboxylic acid groups (broad SMARTS) is 1. The number of nitrogens with one attached hydrogen (secondary N) is 5. The molecular weight excluding hydrogens is 678 g/mol. The van der Waals surface area contributed by atoms with E-state index in [0.29, 0.717) is 43.6 Å². The SMILES string of the molecule is CC(C)C(=O)CNC(=O)OCc1ccc(NC(=O)[C@H](CCCNC(N)=O)NC(=O)[C@@H](NC(=O)CCCC(=O)N2CCC(C(=O)O)CC2)C(C)C)cc1. The highest BCUT2D eigenvalue weighted by molar-refractivity contribution is 5.98. The third kappa shape index (κ3) is 15.8. The molecule has 1 aromatic rings. The first-order chi connectivity index (χ1) is 24.6. The summed E-state index contributed by atoms with van der Waals surface area (Å²) in [7, 11) is 0. The molecule has 1 aliphatic heterocycles. The molecule has 1 heterocycles. The Kier molecular flexibility index (Phi) is 18.1. The highest BCUT2D eigenvalue weighted by atomic mass is 16.5. The van der Waals surface area contributed by atoms with E-state index in [0.717, 1.165) is 0 Å². The van der Waals surface area contributed by atoms with Gasteiger partial charge < -0.3 is 47.1 Å². The summed E-state index contributed by atoms with van der Waals surface area (Å²) in [5, 5.41) is 22.1. The molecule has 1 aromatic carbocycles. The minimum atomic E-state index is -1.05. The van der Waals surface area contributed by atoms with Crippen molar-refractivity contribution in [3.8, 4) is 0 Å². The monoisotopic (exact) mass is 731 g/mol. The molecule has 0 saturated carbocycles. The number of carboxylic acids is 1. The van der Waals surface area contributed by atoms with Crippen LogP contribution in [0.15, 0.2) is 24.3 Å². The Balaban J connectivity index is 1.94. The summed E-state index contributed by atoms with van der Waals surface area (Å²) in [4.78, 5) is 99.6. The van der Waals surface area contributed by atoms with Crippen LogP contribution in [0.5, 0.6) is 0 Å². The fraction of sp³-hybridized carbons (Fsp3) is 0.600. The number of likely N-dealkylation sites (tertiary alicyclic amines) is 1. The summed E-state index contributed by atoms with van der Waals surface area (Å²) in [6.07, 6.45) is 0.793. The molecule has 288 valence electrons. The third-order valence-corrected chi connectivity index (χ3v) is 8.50. The lowest BCUT2D eigenvalue weighted by molar-refractivity contribution is -0.145. The van der Waals surface area contributed by atoms with E-state index in [2.05, 4.69) is 26.6 Å². The van der Waals surface area contributed by atoms with Gasteiger partial charge in [-0.15, -0.1) is 0 Å². The fourth-order valence-electron chi connectivity index (χ4n) is 5.24. The molecule has 0 radical (unpaired) electrons. The third-order valence-electron chi connectivity index (χ3n) is 8.50. The van der Waals surface area contributed by atoms with Crippen LogP contribution >= 0.6 is 0 Å². The topological polar surface area (TPSA) is 255 Å². The maximum atomic E-state index is 13.4. The Bertz CT molecular complexity index is 1410. The van der Waals surface area contributed by atoms with Gasteiger partial charge >= 0.3 is 18.1 Å². The van der Waals surface area contributed by atoms with Crippen LogP contribution in [0.25, 0.3) is 0 Å². The second kappa shape index (κ2) is 21.9. The number of urea groups is 1. The van der Waals surface area contributed by atoms with Crippen LogP contribution in [-0.4, -0.2) is 95.8 Å². The van der Waals surface area contributed by atoms with Gasteiger partial charge in [-0.25, -0.2) is 9.59 Å². The van der Waals surface area contributed by atoms with E-state index in [9.17, 15) is 38.4 Å². The number of ketones is 1. The molecule has 7 amide bonds. The molecule has 2 rings (SSSR count). The summed E-state index contributed by atoms with van der Waals surface area (Å²) in [5.41, 5.74) is 6.15. The second-order valence-electron chi connectivity index (χ2n) is 13.4. The predicted molar refractivity (Wildman–Crippen MR) is 189 cm³/mol. The first kappa shape index (κ1) is 42.9. The number of anilines is 1. The molecule has 1 saturated heterocycles. The molecule has 0 aromatic heterocycles. The molecular formula is C35H53N7O10. The molecule has 1 fully saturated rings. The van der Waals surface area contributed by atoms with Gasteiger partial charge in [0.15, 0.2) is 5.78 Å². The number of nitrogens with two attached hydrogens (primary N) is 1. The molecule has 17 heteroatoms. The number of benzene rings is 1. The Morgan fingerprint density at radius 1 is 0.885 bits per heavy atom. The largest absolute Gasteiger partial charge is 0.481 e. The van der Waals surface area contributed by atoms with Gasteiger partial charge in [0.05, 0.1) is 12.5 Å². The predicted octanol–water partition coefficient (Wildman–Crippen LogP) is 1.64. The van der Waals surface area contributed by atoms with Crippen molar-refractivity contribution in [3.63, 3.8) is 0 Å². The first-order valence-corrected chi connectivity index (χ1v) is 17.5. The number of primary amides is 1. The van der Waals surface area contributed by atoms with Gasteiger partial charge in [0.2, 0.25) is 23.6 Å². The zero-order valence-electron chi connectivity index (χ0n) is 30.3. The molecule has 0 unspecified atom stereocenters. The number of carbonyl (C=O) groups is 8. The van der Waals surface area contributed by atoms with Crippen molar-refractivity contribution in [2.75, 3.05) is 31.5 Å². The van der Waals surface area contributed by atoms with Crippen molar-refractivity contribution in [2.45, 2.75) is 91.3 Å². The van der Waals surface area contributed by atoms with Gasteiger partial charge in [0.1, 0.15) is 18.7 Å². The van der Waals surface area contributed by atoms with Crippen molar-refractivity contribution < 1.29 is 48.2 Å². The number of hydrogen-bond acceptors (Lipinski definition) is 9. The number of alkyl carbamates (subject to hydrolysis) is 1. The summed E-state index contributed by atoms with van der Waals surface area (Å²) >= 11 is 0. The molecule has 52 heavy (non-hydrogen) atoms. The van der Waals surface area contributed by atoms with Crippen LogP contribution in [0.4, 0.5) is 15.3 Å². The van der Waals surface area contributed by atoms with Crippen LogP contribution < -0.4 is 32.3 Å². The number of rotatable bonds is 20. The Labute approximate surface area is 303 Å². The molecule has 8 N–H and O–H groups in total. The maximum Gasteiger partial charge on any atom is 0.407 e. The molecule has 17 nitrogen and oxygen atoms in total. The molecule has 0 spiro atoms. The van der Waals surface area contributed by atoms with Gasteiger partial charge in [0, 0.05) is 44.1 Å². The smallest absolute Gasteiger partial charge is 0.407 e. The number of aliphatic carboxylic acids is 1. The van der Waals surface area contributed by atoms with Gasteiger partial charge in [-0.05, 0) is 55.7 Å². The van der Waals surface area contributed by atoms with Gasteiger partial charge in [-0.1, -0.05) is 39.8 Å². The van der Waals surface area contributed by atoms with Crippen molar-refractivity contribution in [3.05, 3.63) is 29.8 Å². The van der Waals surface area contributed by atoms with Crippen LogP contribution in [0.3, 0.4) is 0 Å².